The molecule has 1 saturated heterocycles. The van der Waals surface area contributed by atoms with Crippen molar-refractivity contribution in [2.24, 2.45) is 0 Å². The monoisotopic (exact) mass is 442 g/mol. The first-order valence-electron chi connectivity index (χ1n) is 5.46. The SMILES string of the molecule is CC1(C)OCC(COc2c(Br)cc(Br)cc2Br)O1. The fourth-order valence-corrected chi connectivity index (χ4v) is 4.18. The topological polar surface area (TPSA) is 27.7 Å². The van der Waals surface area contributed by atoms with Gasteiger partial charge < -0.3 is 14.2 Å². The summed E-state index contributed by atoms with van der Waals surface area (Å²) in [5.74, 6) is 0.258. The molecule has 2 rings (SSSR count). The minimum Gasteiger partial charge on any atom is -0.488 e. The van der Waals surface area contributed by atoms with E-state index in [0.717, 1.165) is 19.2 Å². The molecule has 6 heteroatoms. The maximum Gasteiger partial charge on any atom is 0.163 e. The summed E-state index contributed by atoms with van der Waals surface area (Å²) >= 11 is 10.4. The summed E-state index contributed by atoms with van der Waals surface area (Å²) < 4.78 is 19.7. The first-order valence-corrected chi connectivity index (χ1v) is 7.84. The number of hydrogen-bond acceptors (Lipinski definition) is 3. The highest BCUT2D eigenvalue weighted by molar-refractivity contribution is 9.11. The highest BCUT2D eigenvalue weighted by Gasteiger charge is 2.33. The Labute approximate surface area is 132 Å². The molecule has 1 aliphatic heterocycles. The van der Waals surface area contributed by atoms with Crippen molar-refractivity contribution in [3.05, 3.63) is 25.6 Å². The second kappa shape index (κ2) is 5.79. The van der Waals surface area contributed by atoms with Gasteiger partial charge in [-0.25, -0.2) is 0 Å². The van der Waals surface area contributed by atoms with Gasteiger partial charge in [-0.15, -0.1) is 0 Å². The molecule has 1 unspecified atom stereocenters. The van der Waals surface area contributed by atoms with Crippen LogP contribution in [0.1, 0.15) is 13.8 Å². The van der Waals surface area contributed by atoms with E-state index in [4.69, 9.17) is 14.2 Å². The first-order chi connectivity index (χ1) is 8.37. The highest BCUT2D eigenvalue weighted by Crippen LogP contribution is 2.36. The van der Waals surface area contributed by atoms with Crippen molar-refractivity contribution in [1.29, 1.82) is 0 Å². The Morgan fingerprint density at radius 3 is 2.39 bits per heavy atom. The summed E-state index contributed by atoms with van der Waals surface area (Å²) in [7, 11) is 0. The third kappa shape index (κ3) is 3.70. The Morgan fingerprint density at radius 1 is 1.28 bits per heavy atom. The maximum absolute atomic E-state index is 5.78. The van der Waals surface area contributed by atoms with Gasteiger partial charge in [0.25, 0.3) is 0 Å². The molecule has 1 atom stereocenters. The Bertz CT molecular complexity index is 425. The molecule has 0 aromatic heterocycles. The van der Waals surface area contributed by atoms with Crippen LogP contribution in [0, 0.1) is 0 Å². The van der Waals surface area contributed by atoms with Gasteiger partial charge in [-0.1, -0.05) is 15.9 Å². The molecule has 1 heterocycles. The molecule has 0 spiro atoms. The van der Waals surface area contributed by atoms with Crippen LogP contribution in [0.3, 0.4) is 0 Å². The number of ether oxygens (including phenoxy) is 3. The molecular formula is C12H13Br3O3. The average molecular weight is 445 g/mol. The van der Waals surface area contributed by atoms with Crippen LogP contribution in [-0.2, 0) is 9.47 Å². The zero-order valence-electron chi connectivity index (χ0n) is 10.0. The molecule has 100 valence electrons. The van der Waals surface area contributed by atoms with Gasteiger partial charge in [-0.05, 0) is 57.8 Å². The molecular weight excluding hydrogens is 432 g/mol. The lowest BCUT2D eigenvalue weighted by molar-refractivity contribution is -0.141. The zero-order chi connectivity index (χ0) is 13.3. The molecule has 0 bridgehead atoms. The molecule has 1 fully saturated rings. The lowest BCUT2D eigenvalue weighted by Crippen LogP contribution is -2.25. The van der Waals surface area contributed by atoms with Crippen LogP contribution in [0.2, 0.25) is 0 Å². The minimum absolute atomic E-state index is 0.0394. The van der Waals surface area contributed by atoms with Gasteiger partial charge in [0.2, 0.25) is 0 Å². The largest absolute Gasteiger partial charge is 0.488 e. The summed E-state index contributed by atoms with van der Waals surface area (Å²) in [6.45, 7) is 4.82. The third-order valence-electron chi connectivity index (χ3n) is 2.44. The lowest BCUT2D eigenvalue weighted by atomic mass is 10.3. The first kappa shape index (κ1) is 14.8. The predicted octanol–water partition coefficient (Wildman–Crippen LogP) is 4.50. The van der Waals surface area contributed by atoms with Crippen LogP contribution >= 0.6 is 47.8 Å². The van der Waals surface area contributed by atoms with Crippen molar-refractivity contribution in [1.82, 2.24) is 0 Å². The average Bonchev–Trinajstić information content (AvgIpc) is 2.56. The van der Waals surface area contributed by atoms with E-state index in [1.54, 1.807) is 0 Å². The van der Waals surface area contributed by atoms with E-state index >= 15 is 0 Å². The van der Waals surface area contributed by atoms with Gasteiger partial charge in [0.15, 0.2) is 5.79 Å². The van der Waals surface area contributed by atoms with Crippen molar-refractivity contribution < 1.29 is 14.2 Å². The third-order valence-corrected chi connectivity index (χ3v) is 4.08. The molecule has 0 radical (unpaired) electrons. The summed E-state index contributed by atoms with van der Waals surface area (Å²) in [5.41, 5.74) is 0. The lowest BCUT2D eigenvalue weighted by Gasteiger charge is -2.18. The molecule has 0 amide bonds. The molecule has 18 heavy (non-hydrogen) atoms. The number of benzene rings is 1. The van der Waals surface area contributed by atoms with Crippen LogP contribution in [0.15, 0.2) is 25.6 Å². The van der Waals surface area contributed by atoms with Crippen LogP contribution in [0.25, 0.3) is 0 Å². The van der Waals surface area contributed by atoms with Crippen molar-refractivity contribution >= 4 is 47.8 Å². The summed E-state index contributed by atoms with van der Waals surface area (Å²) in [6.07, 6.45) is -0.0394. The van der Waals surface area contributed by atoms with Crippen LogP contribution in [0.4, 0.5) is 0 Å². The van der Waals surface area contributed by atoms with E-state index < -0.39 is 5.79 Å². The summed E-state index contributed by atoms with van der Waals surface area (Å²) in [5, 5.41) is 0. The van der Waals surface area contributed by atoms with Gasteiger partial charge in [0.05, 0.1) is 15.6 Å². The van der Waals surface area contributed by atoms with Gasteiger partial charge in [0, 0.05) is 4.47 Å². The Morgan fingerprint density at radius 2 is 1.89 bits per heavy atom. The fraction of sp³-hybridized carbons (Fsp3) is 0.500. The van der Waals surface area contributed by atoms with E-state index in [-0.39, 0.29) is 6.10 Å². The van der Waals surface area contributed by atoms with Crippen molar-refractivity contribution in [2.45, 2.75) is 25.7 Å². The van der Waals surface area contributed by atoms with Gasteiger partial charge in [-0.2, -0.15) is 0 Å². The van der Waals surface area contributed by atoms with Crippen molar-refractivity contribution in [3.63, 3.8) is 0 Å². The summed E-state index contributed by atoms with van der Waals surface area (Å²) in [6, 6.07) is 3.88. The quantitative estimate of drug-likeness (QED) is 0.686. The Balaban J connectivity index is 1.99. The second-order valence-corrected chi connectivity index (χ2v) is 7.08. The van der Waals surface area contributed by atoms with Crippen LogP contribution in [0.5, 0.6) is 5.75 Å². The van der Waals surface area contributed by atoms with Gasteiger partial charge in [-0.3, -0.25) is 0 Å². The van der Waals surface area contributed by atoms with E-state index in [9.17, 15) is 0 Å². The van der Waals surface area contributed by atoms with Crippen molar-refractivity contribution in [3.8, 4) is 5.75 Å². The smallest absolute Gasteiger partial charge is 0.163 e. The molecule has 1 aromatic rings. The second-order valence-electron chi connectivity index (χ2n) is 4.46. The van der Waals surface area contributed by atoms with Crippen LogP contribution in [-0.4, -0.2) is 25.1 Å². The Kier molecular flexibility index (Phi) is 4.75. The van der Waals surface area contributed by atoms with Gasteiger partial charge in [0.1, 0.15) is 18.5 Å². The predicted molar refractivity (Wildman–Crippen MR) is 79.9 cm³/mol. The zero-order valence-corrected chi connectivity index (χ0v) is 14.8. The minimum atomic E-state index is -0.512. The van der Waals surface area contributed by atoms with E-state index in [1.165, 1.54) is 0 Å². The summed E-state index contributed by atoms with van der Waals surface area (Å²) in [4.78, 5) is 0. The molecule has 0 N–H and O–H groups in total. The molecule has 0 aliphatic carbocycles. The molecule has 3 nitrogen and oxygen atoms in total. The van der Waals surface area contributed by atoms with E-state index in [1.807, 2.05) is 26.0 Å². The standard InChI is InChI=1S/C12H13Br3O3/c1-12(2)17-6-8(18-12)5-16-11-9(14)3-7(13)4-10(11)15/h3-4,8H,5-6H2,1-2H3. The van der Waals surface area contributed by atoms with E-state index in [0.29, 0.717) is 13.2 Å². The van der Waals surface area contributed by atoms with Gasteiger partial charge >= 0.3 is 0 Å². The highest BCUT2D eigenvalue weighted by atomic mass is 79.9. The van der Waals surface area contributed by atoms with Crippen LogP contribution < -0.4 is 4.74 Å². The van der Waals surface area contributed by atoms with E-state index in [2.05, 4.69) is 47.8 Å². The number of halogens is 3. The normalized spacial score (nSPS) is 22.2. The Hall–Kier alpha value is 0.380. The number of rotatable bonds is 3. The number of hydrogen-bond donors (Lipinski definition) is 0. The molecule has 1 aliphatic rings. The molecule has 0 saturated carbocycles. The maximum atomic E-state index is 5.78. The van der Waals surface area contributed by atoms with Crippen molar-refractivity contribution in [2.75, 3.05) is 13.2 Å². The molecule has 1 aromatic carbocycles. The fourth-order valence-electron chi connectivity index (χ4n) is 1.69.